The summed E-state index contributed by atoms with van der Waals surface area (Å²) in [6.07, 6.45) is 4.31. The van der Waals surface area contributed by atoms with E-state index in [-0.39, 0.29) is 0 Å². The predicted octanol–water partition coefficient (Wildman–Crippen LogP) is 2.80. The summed E-state index contributed by atoms with van der Waals surface area (Å²) in [5.41, 5.74) is 0.749. The van der Waals surface area contributed by atoms with Gasteiger partial charge < -0.3 is 9.84 Å². The van der Waals surface area contributed by atoms with Crippen LogP contribution < -0.4 is 0 Å². The molecule has 0 saturated heterocycles. The number of halogens is 1. The monoisotopic (exact) mass is 272 g/mol. The van der Waals surface area contributed by atoms with E-state index in [1.165, 1.54) is 0 Å². The van der Waals surface area contributed by atoms with Gasteiger partial charge in [-0.3, -0.25) is 4.68 Å². The summed E-state index contributed by atoms with van der Waals surface area (Å²) in [6.45, 7) is 5.51. The molecule has 1 aromatic heterocycles. The first-order chi connectivity index (χ1) is 8.65. The summed E-state index contributed by atoms with van der Waals surface area (Å²) in [4.78, 5) is 0. The fourth-order valence-corrected chi connectivity index (χ4v) is 2.89. The Morgan fingerprint density at radius 1 is 1.56 bits per heavy atom. The number of aromatic nitrogens is 2. The van der Waals surface area contributed by atoms with Crippen LogP contribution in [0.5, 0.6) is 0 Å². The summed E-state index contributed by atoms with van der Waals surface area (Å²) in [5.74, 6) is 0.535. The topological polar surface area (TPSA) is 47.3 Å². The maximum absolute atomic E-state index is 10.3. The highest BCUT2D eigenvalue weighted by atomic mass is 35.5. The molecule has 0 aromatic carbocycles. The Morgan fingerprint density at radius 3 is 2.89 bits per heavy atom. The van der Waals surface area contributed by atoms with Gasteiger partial charge in [-0.15, -0.1) is 0 Å². The minimum Gasteiger partial charge on any atom is -0.387 e. The van der Waals surface area contributed by atoms with Crippen molar-refractivity contribution in [2.24, 2.45) is 5.92 Å². The van der Waals surface area contributed by atoms with E-state index in [0.717, 1.165) is 38.1 Å². The van der Waals surface area contributed by atoms with Gasteiger partial charge in [0.2, 0.25) is 0 Å². The van der Waals surface area contributed by atoms with Crippen molar-refractivity contribution in [3.8, 4) is 0 Å². The molecule has 1 saturated carbocycles. The molecule has 1 heterocycles. The molecule has 1 atom stereocenters. The van der Waals surface area contributed by atoms with Gasteiger partial charge in [0, 0.05) is 13.2 Å². The van der Waals surface area contributed by atoms with Crippen LogP contribution in [0.1, 0.15) is 44.9 Å². The number of ether oxygens (including phenoxy) is 1. The van der Waals surface area contributed by atoms with Crippen molar-refractivity contribution >= 4 is 11.6 Å². The van der Waals surface area contributed by atoms with E-state index in [1.807, 2.05) is 13.8 Å². The molecule has 18 heavy (non-hydrogen) atoms. The number of hydrogen-bond donors (Lipinski definition) is 1. The summed E-state index contributed by atoms with van der Waals surface area (Å²) in [7, 11) is 0. The zero-order valence-electron chi connectivity index (χ0n) is 11.0. The average molecular weight is 273 g/mol. The van der Waals surface area contributed by atoms with Crippen LogP contribution >= 0.6 is 11.6 Å². The van der Waals surface area contributed by atoms with Crippen molar-refractivity contribution in [1.82, 2.24) is 9.78 Å². The Labute approximate surface area is 113 Å². The molecule has 102 valence electrons. The Hall–Kier alpha value is -0.580. The summed E-state index contributed by atoms with van der Waals surface area (Å²) in [5, 5.41) is 15.0. The van der Waals surface area contributed by atoms with Gasteiger partial charge in [-0.2, -0.15) is 5.10 Å². The van der Waals surface area contributed by atoms with Gasteiger partial charge in [-0.1, -0.05) is 11.6 Å². The molecule has 0 bridgehead atoms. The molecule has 1 unspecified atom stereocenters. The number of aliphatic hydroxyl groups excluding tert-OH is 1. The van der Waals surface area contributed by atoms with E-state index in [1.54, 1.807) is 10.9 Å². The lowest BCUT2D eigenvalue weighted by atomic mass is 9.78. The Balaban J connectivity index is 1.89. The number of rotatable bonds is 6. The van der Waals surface area contributed by atoms with Crippen LogP contribution in [0.2, 0.25) is 5.02 Å². The van der Waals surface area contributed by atoms with Gasteiger partial charge in [-0.25, -0.2) is 0 Å². The average Bonchev–Trinajstić information content (AvgIpc) is 2.67. The summed E-state index contributed by atoms with van der Waals surface area (Å²) < 4.78 is 7.29. The highest BCUT2D eigenvalue weighted by molar-refractivity contribution is 6.31. The minimum absolute atomic E-state index is 0.388. The Bertz CT molecular complexity index is 388. The van der Waals surface area contributed by atoms with Gasteiger partial charge in [0.05, 0.1) is 29.1 Å². The Morgan fingerprint density at radius 2 is 2.28 bits per heavy atom. The third kappa shape index (κ3) is 2.87. The highest BCUT2D eigenvalue weighted by Gasteiger charge is 2.32. The van der Waals surface area contributed by atoms with E-state index < -0.39 is 6.10 Å². The molecule has 0 radical (unpaired) electrons. The normalized spacial score (nSPS) is 24.9. The molecule has 2 rings (SSSR count). The first-order valence-corrected chi connectivity index (χ1v) is 7.04. The molecule has 0 spiro atoms. The fraction of sp³-hybridized carbons (Fsp3) is 0.769. The van der Waals surface area contributed by atoms with Gasteiger partial charge in [0.25, 0.3) is 0 Å². The third-order valence-electron chi connectivity index (χ3n) is 3.60. The minimum atomic E-state index is -0.521. The summed E-state index contributed by atoms with van der Waals surface area (Å²) in [6, 6.07) is 0. The first-order valence-electron chi connectivity index (χ1n) is 6.66. The molecule has 1 aliphatic carbocycles. The van der Waals surface area contributed by atoms with Crippen molar-refractivity contribution < 1.29 is 9.84 Å². The lowest BCUT2D eigenvalue weighted by molar-refractivity contribution is -0.0386. The lowest BCUT2D eigenvalue weighted by Gasteiger charge is -2.36. The molecule has 4 nitrogen and oxygen atoms in total. The second kappa shape index (κ2) is 6.04. The zero-order chi connectivity index (χ0) is 13.1. The van der Waals surface area contributed by atoms with Crippen molar-refractivity contribution in [3.63, 3.8) is 0 Å². The fourth-order valence-electron chi connectivity index (χ4n) is 2.62. The molecule has 1 aromatic rings. The van der Waals surface area contributed by atoms with Gasteiger partial charge >= 0.3 is 0 Å². The van der Waals surface area contributed by atoms with Gasteiger partial charge in [-0.05, 0) is 39.0 Å². The van der Waals surface area contributed by atoms with Crippen molar-refractivity contribution in [1.29, 1.82) is 0 Å². The maximum atomic E-state index is 10.3. The SMILES string of the molecule is CCOC1CC(CC(O)c2c(Cl)cnn2CC)C1. The van der Waals surface area contributed by atoms with E-state index in [2.05, 4.69) is 5.10 Å². The predicted molar refractivity (Wildman–Crippen MR) is 70.6 cm³/mol. The smallest absolute Gasteiger partial charge is 0.0974 e. The molecule has 1 fully saturated rings. The van der Waals surface area contributed by atoms with Crippen LogP contribution in [0.25, 0.3) is 0 Å². The molecule has 1 N–H and O–H groups in total. The molecule has 5 heteroatoms. The first kappa shape index (κ1) is 13.8. The molecular formula is C13H21ClN2O2. The zero-order valence-corrected chi connectivity index (χ0v) is 11.7. The number of aliphatic hydroxyl groups is 1. The molecule has 0 aliphatic heterocycles. The van der Waals surface area contributed by atoms with E-state index >= 15 is 0 Å². The van der Waals surface area contributed by atoms with E-state index in [4.69, 9.17) is 16.3 Å². The number of aryl methyl sites for hydroxylation is 1. The van der Waals surface area contributed by atoms with Crippen LogP contribution in [-0.4, -0.2) is 27.6 Å². The molecule has 1 aliphatic rings. The number of nitrogens with zero attached hydrogens (tertiary/aromatic N) is 2. The van der Waals surface area contributed by atoms with Crippen LogP contribution in [-0.2, 0) is 11.3 Å². The van der Waals surface area contributed by atoms with E-state index in [0.29, 0.717) is 17.0 Å². The summed E-state index contributed by atoms with van der Waals surface area (Å²) >= 11 is 6.07. The van der Waals surface area contributed by atoms with Crippen LogP contribution in [0, 0.1) is 5.92 Å². The van der Waals surface area contributed by atoms with Crippen LogP contribution in [0.3, 0.4) is 0 Å². The lowest BCUT2D eigenvalue weighted by Crippen LogP contribution is -2.32. The molecule has 0 amide bonds. The quantitative estimate of drug-likeness (QED) is 0.866. The van der Waals surface area contributed by atoms with E-state index in [9.17, 15) is 5.11 Å². The largest absolute Gasteiger partial charge is 0.387 e. The second-order valence-corrected chi connectivity index (χ2v) is 5.27. The van der Waals surface area contributed by atoms with Crippen molar-refractivity contribution in [3.05, 3.63) is 16.9 Å². The van der Waals surface area contributed by atoms with Crippen molar-refractivity contribution in [2.75, 3.05) is 6.61 Å². The van der Waals surface area contributed by atoms with Crippen LogP contribution in [0.15, 0.2) is 6.20 Å². The van der Waals surface area contributed by atoms with Gasteiger partial charge in [0.1, 0.15) is 0 Å². The van der Waals surface area contributed by atoms with Crippen LogP contribution in [0.4, 0.5) is 0 Å². The number of hydrogen-bond acceptors (Lipinski definition) is 3. The highest BCUT2D eigenvalue weighted by Crippen LogP contribution is 2.38. The standard InChI is InChI=1S/C13H21ClN2O2/c1-3-16-13(11(14)8-15-16)12(17)7-9-5-10(6-9)18-4-2/h8-10,12,17H,3-7H2,1-2H3. The molecular weight excluding hydrogens is 252 g/mol. The third-order valence-corrected chi connectivity index (χ3v) is 3.89. The maximum Gasteiger partial charge on any atom is 0.0974 e. The van der Waals surface area contributed by atoms with Crippen molar-refractivity contribution in [2.45, 2.75) is 51.9 Å². The Kier molecular flexibility index (Phi) is 4.65. The second-order valence-electron chi connectivity index (χ2n) is 4.86. The van der Waals surface area contributed by atoms with Gasteiger partial charge in [0.15, 0.2) is 0 Å².